The highest BCUT2D eigenvalue weighted by Gasteiger charge is 2.20. The first-order chi connectivity index (χ1) is 12.1. The minimum atomic E-state index is -0.111. The Morgan fingerprint density at radius 1 is 1.24 bits per heavy atom. The number of hydrogen-bond donors (Lipinski definition) is 0. The van der Waals surface area contributed by atoms with E-state index in [1.807, 2.05) is 33.0 Å². The van der Waals surface area contributed by atoms with Gasteiger partial charge >= 0.3 is 5.69 Å². The number of anilines is 1. The predicted molar refractivity (Wildman–Crippen MR) is 95.3 cm³/mol. The maximum Gasteiger partial charge on any atom is 0.336 e. The van der Waals surface area contributed by atoms with Crippen LogP contribution in [0.15, 0.2) is 17.1 Å². The van der Waals surface area contributed by atoms with Crippen molar-refractivity contribution in [3.8, 4) is 0 Å². The molecule has 3 aromatic heterocycles. The zero-order valence-electron chi connectivity index (χ0n) is 14.8. The van der Waals surface area contributed by atoms with E-state index in [2.05, 4.69) is 20.1 Å². The Morgan fingerprint density at radius 3 is 2.68 bits per heavy atom. The molecule has 25 heavy (non-hydrogen) atoms. The van der Waals surface area contributed by atoms with E-state index < -0.39 is 0 Å². The van der Waals surface area contributed by atoms with Crippen LogP contribution >= 0.6 is 0 Å². The molecule has 0 amide bonds. The lowest BCUT2D eigenvalue weighted by molar-refractivity contribution is 0.122. The summed E-state index contributed by atoms with van der Waals surface area (Å²) in [6.07, 6.45) is 1.85. The summed E-state index contributed by atoms with van der Waals surface area (Å²) >= 11 is 0. The van der Waals surface area contributed by atoms with E-state index in [9.17, 15) is 4.79 Å². The summed E-state index contributed by atoms with van der Waals surface area (Å²) in [5.41, 5.74) is 2.93. The molecule has 0 spiro atoms. The van der Waals surface area contributed by atoms with Crippen molar-refractivity contribution in [3.63, 3.8) is 0 Å². The zero-order chi connectivity index (χ0) is 17.6. The summed E-state index contributed by atoms with van der Waals surface area (Å²) in [6, 6.07) is 2.03. The normalized spacial score (nSPS) is 15.6. The standard InChI is InChI=1S/C17H22N6O2/c1-4-22-13-9-12(21-5-7-25-8-6-21)10-18-14(13)16-20-19-15(11(2)3)23(16)17(22)24/h9-11H,4-8H2,1-3H3. The van der Waals surface area contributed by atoms with Crippen LogP contribution in [0.1, 0.15) is 32.5 Å². The van der Waals surface area contributed by atoms with Crippen LogP contribution in [0.2, 0.25) is 0 Å². The van der Waals surface area contributed by atoms with Crippen LogP contribution in [0.5, 0.6) is 0 Å². The van der Waals surface area contributed by atoms with Gasteiger partial charge in [0.05, 0.1) is 30.6 Å². The van der Waals surface area contributed by atoms with Crippen LogP contribution in [0.25, 0.3) is 16.7 Å². The molecule has 1 aliphatic heterocycles. The van der Waals surface area contributed by atoms with Gasteiger partial charge in [-0.3, -0.25) is 4.57 Å². The summed E-state index contributed by atoms with van der Waals surface area (Å²) in [5, 5.41) is 8.48. The third-order valence-corrected chi connectivity index (χ3v) is 4.67. The van der Waals surface area contributed by atoms with E-state index in [4.69, 9.17) is 4.74 Å². The van der Waals surface area contributed by atoms with Crippen molar-refractivity contribution in [3.05, 3.63) is 28.6 Å². The first kappa shape index (κ1) is 16.0. The number of aryl methyl sites for hydroxylation is 1. The minimum absolute atomic E-state index is 0.109. The Hall–Kier alpha value is -2.48. The Morgan fingerprint density at radius 2 is 2.00 bits per heavy atom. The monoisotopic (exact) mass is 342 g/mol. The number of fused-ring (bicyclic) bond motifs is 3. The summed E-state index contributed by atoms with van der Waals surface area (Å²) in [4.78, 5) is 19.9. The third-order valence-electron chi connectivity index (χ3n) is 4.67. The lowest BCUT2D eigenvalue weighted by atomic mass is 10.2. The molecule has 3 aromatic rings. The van der Waals surface area contributed by atoms with E-state index in [-0.39, 0.29) is 11.6 Å². The van der Waals surface area contributed by atoms with Crippen LogP contribution in [-0.2, 0) is 11.3 Å². The molecule has 8 nitrogen and oxygen atoms in total. The van der Waals surface area contributed by atoms with E-state index in [1.165, 1.54) is 0 Å². The van der Waals surface area contributed by atoms with Crippen molar-refractivity contribution in [2.24, 2.45) is 0 Å². The molecule has 0 aromatic carbocycles. The van der Waals surface area contributed by atoms with Gasteiger partial charge in [0, 0.05) is 25.6 Å². The Kier molecular flexibility index (Phi) is 3.91. The number of rotatable bonds is 3. The van der Waals surface area contributed by atoms with Gasteiger partial charge in [0.1, 0.15) is 11.3 Å². The molecule has 0 unspecified atom stereocenters. The molecule has 1 aliphatic rings. The fourth-order valence-electron chi connectivity index (χ4n) is 3.36. The largest absolute Gasteiger partial charge is 0.378 e. The van der Waals surface area contributed by atoms with E-state index in [0.29, 0.717) is 36.7 Å². The summed E-state index contributed by atoms with van der Waals surface area (Å²) < 4.78 is 8.76. The number of ether oxygens (including phenoxy) is 1. The van der Waals surface area contributed by atoms with Gasteiger partial charge in [-0.1, -0.05) is 13.8 Å². The van der Waals surface area contributed by atoms with E-state index in [0.717, 1.165) is 24.3 Å². The molecule has 0 aliphatic carbocycles. The first-order valence-corrected chi connectivity index (χ1v) is 8.72. The summed E-state index contributed by atoms with van der Waals surface area (Å²) in [5.74, 6) is 0.779. The van der Waals surface area contributed by atoms with Crippen LogP contribution < -0.4 is 10.6 Å². The Labute approximate surface area is 145 Å². The molecule has 4 heterocycles. The Balaban J connectivity index is 1.99. The van der Waals surface area contributed by atoms with Gasteiger partial charge < -0.3 is 9.64 Å². The lowest BCUT2D eigenvalue weighted by Crippen LogP contribution is -2.36. The van der Waals surface area contributed by atoms with Crippen molar-refractivity contribution in [1.29, 1.82) is 0 Å². The lowest BCUT2D eigenvalue weighted by Gasteiger charge is -2.28. The first-order valence-electron chi connectivity index (χ1n) is 8.72. The fourth-order valence-corrected chi connectivity index (χ4v) is 3.36. The summed E-state index contributed by atoms with van der Waals surface area (Å²) in [7, 11) is 0. The zero-order valence-corrected chi connectivity index (χ0v) is 14.8. The molecule has 8 heteroatoms. The molecule has 132 valence electrons. The van der Waals surface area contributed by atoms with Crippen molar-refractivity contribution < 1.29 is 4.74 Å². The van der Waals surface area contributed by atoms with Gasteiger partial charge in [-0.2, -0.15) is 0 Å². The van der Waals surface area contributed by atoms with E-state index >= 15 is 0 Å². The molecular weight excluding hydrogens is 320 g/mol. The topological polar surface area (TPSA) is 77.5 Å². The molecule has 4 rings (SSSR count). The number of aromatic nitrogens is 5. The number of morpholine rings is 1. The second-order valence-electron chi connectivity index (χ2n) is 6.56. The highest BCUT2D eigenvalue weighted by atomic mass is 16.5. The fraction of sp³-hybridized carbons (Fsp3) is 0.529. The van der Waals surface area contributed by atoms with Gasteiger partial charge in [0.2, 0.25) is 0 Å². The second kappa shape index (κ2) is 6.11. The molecule has 1 fully saturated rings. The highest BCUT2D eigenvalue weighted by molar-refractivity contribution is 5.89. The van der Waals surface area contributed by atoms with Crippen molar-refractivity contribution >= 4 is 22.4 Å². The van der Waals surface area contributed by atoms with E-state index in [1.54, 1.807) is 8.97 Å². The van der Waals surface area contributed by atoms with Gasteiger partial charge in [0.15, 0.2) is 5.65 Å². The van der Waals surface area contributed by atoms with Crippen LogP contribution in [0, 0.1) is 0 Å². The number of pyridine rings is 1. The third kappa shape index (κ3) is 2.48. The molecular formula is C17H22N6O2. The van der Waals surface area contributed by atoms with Crippen LogP contribution in [-0.4, -0.2) is 50.5 Å². The maximum absolute atomic E-state index is 13.0. The van der Waals surface area contributed by atoms with Gasteiger partial charge in [0.25, 0.3) is 0 Å². The van der Waals surface area contributed by atoms with Gasteiger partial charge in [-0.15, -0.1) is 10.2 Å². The number of hydrogen-bond acceptors (Lipinski definition) is 6. The Bertz CT molecular complexity index is 984. The SMILES string of the molecule is CCn1c(=O)n2c(C(C)C)nnc2c2ncc(N3CCOCC3)cc21. The van der Waals surface area contributed by atoms with Crippen LogP contribution in [0.4, 0.5) is 5.69 Å². The minimum Gasteiger partial charge on any atom is -0.378 e. The second-order valence-corrected chi connectivity index (χ2v) is 6.56. The molecule has 0 saturated carbocycles. The molecule has 0 radical (unpaired) electrons. The number of nitrogens with zero attached hydrogens (tertiary/aromatic N) is 6. The van der Waals surface area contributed by atoms with Gasteiger partial charge in [-0.25, -0.2) is 14.2 Å². The average molecular weight is 342 g/mol. The molecule has 0 N–H and O–H groups in total. The average Bonchev–Trinajstić information content (AvgIpc) is 3.08. The predicted octanol–water partition coefficient (Wildman–Crippen LogP) is 1.42. The summed E-state index contributed by atoms with van der Waals surface area (Å²) in [6.45, 7) is 9.61. The molecule has 0 atom stereocenters. The van der Waals surface area contributed by atoms with Crippen molar-refractivity contribution in [2.75, 3.05) is 31.2 Å². The molecule has 1 saturated heterocycles. The van der Waals surface area contributed by atoms with Crippen LogP contribution in [0.3, 0.4) is 0 Å². The van der Waals surface area contributed by atoms with Gasteiger partial charge in [-0.05, 0) is 13.0 Å². The molecule has 0 bridgehead atoms. The smallest absolute Gasteiger partial charge is 0.336 e. The highest BCUT2D eigenvalue weighted by Crippen LogP contribution is 2.23. The quantitative estimate of drug-likeness (QED) is 0.716. The van der Waals surface area contributed by atoms with Crippen molar-refractivity contribution in [2.45, 2.75) is 33.2 Å². The van der Waals surface area contributed by atoms with Crippen molar-refractivity contribution in [1.82, 2.24) is 24.1 Å². The maximum atomic E-state index is 13.0.